The first-order valence-electron chi connectivity index (χ1n) is 10.0. The van der Waals surface area contributed by atoms with Gasteiger partial charge in [-0.2, -0.15) is 0 Å². The monoisotopic (exact) mass is 437 g/mol. The van der Waals surface area contributed by atoms with Gasteiger partial charge in [0.25, 0.3) is 0 Å². The summed E-state index contributed by atoms with van der Waals surface area (Å²) in [4.78, 5) is 22.1. The molecule has 2 amide bonds. The van der Waals surface area contributed by atoms with E-state index in [9.17, 15) is 4.79 Å². The van der Waals surface area contributed by atoms with Crippen LogP contribution in [0.5, 0.6) is 0 Å². The molecule has 3 aromatic rings. The molecule has 0 saturated carbocycles. The first kappa shape index (κ1) is 20.8. The van der Waals surface area contributed by atoms with Crippen LogP contribution in [-0.2, 0) is 6.54 Å². The predicted molar refractivity (Wildman–Crippen MR) is 125 cm³/mol. The van der Waals surface area contributed by atoms with E-state index >= 15 is 0 Å². The SMILES string of the molecule is Cl.O=C(N1CCN(Cc2ccccc2)CC1)N1c2ccccc2Sc2ccccc21. The lowest BCUT2D eigenvalue weighted by Gasteiger charge is -2.39. The average molecular weight is 438 g/mol. The van der Waals surface area contributed by atoms with Gasteiger partial charge in [0, 0.05) is 42.5 Å². The average Bonchev–Trinajstić information content (AvgIpc) is 2.78. The molecule has 0 atom stereocenters. The fourth-order valence-corrected chi connectivity index (χ4v) is 5.05. The van der Waals surface area contributed by atoms with E-state index < -0.39 is 0 Å². The van der Waals surface area contributed by atoms with Crippen molar-refractivity contribution < 1.29 is 4.79 Å². The molecule has 154 valence electrons. The highest BCUT2D eigenvalue weighted by Crippen LogP contribution is 2.48. The third-order valence-electron chi connectivity index (χ3n) is 5.52. The largest absolute Gasteiger partial charge is 0.329 e. The van der Waals surface area contributed by atoms with E-state index in [-0.39, 0.29) is 18.4 Å². The fourth-order valence-electron chi connectivity index (χ4n) is 3.99. The maximum atomic E-state index is 13.6. The van der Waals surface area contributed by atoms with Crippen molar-refractivity contribution in [2.45, 2.75) is 16.3 Å². The molecule has 0 N–H and O–H groups in total. The van der Waals surface area contributed by atoms with E-state index in [2.05, 4.69) is 41.3 Å². The molecule has 0 spiro atoms. The van der Waals surface area contributed by atoms with Crippen LogP contribution in [0.25, 0.3) is 0 Å². The molecular formula is C24H24ClN3OS. The molecule has 2 aliphatic heterocycles. The lowest BCUT2D eigenvalue weighted by molar-refractivity contribution is 0.140. The van der Waals surface area contributed by atoms with Crippen LogP contribution in [-0.4, -0.2) is 42.0 Å². The lowest BCUT2D eigenvalue weighted by Crippen LogP contribution is -2.52. The van der Waals surface area contributed by atoms with Gasteiger partial charge in [0.1, 0.15) is 0 Å². The van der Waals surface area contributed by atoms with Crippen LogP contribution in [0.1, 0.15) is 5.56 Å². The van der Waals surface area contributed by atoms with Crippen LogP contribution in [0, 0.1) is 0 Å². The number of fused-ring (bicyclic) bond motifs is 2. The van der Waals surface area contributed by atoms with Gasteiger partial charge in [-0.25, -0.2) is 4.79 Å². The summed E-state index contributed by atoms with van der Waals surface area (Å²) in [5, 5.41) is 0. The molecule has 0 unspecified atom stereocenters. The maximum absolute atomic E-state index is 13.6. The van der Waals surface area contributed by atoms with Crippen molar-refractivity contribution in [2.75, 3.05) is 31.1 Å². The summed E-state index contributed by atoms with van der Waals surface area (Å²) >= 11 is 1.73. The van der Waals surface area contributed by atoms with E-state index in [0.29, 0.717) is 0 Å². The highest BCUT2D eigenvalue weighted by molar-refractivity contribution is 7.99. The molecule has 6 heteroatoms. The van der Waals surface area contributed by atoms with Crippen LogP contribution >= 0.6 is 24.2 Å². The molecule has 2 aliphatic rings. The molecule has 1 fully saturated rings. The Morgan fingerprint density at radius 3 is 1.87 bits per heavy atom. The Morgan fingerprint density at radius 1 is 0.733 bits per heavy atom. The minimum atomic E-state index is 0. The Balaban J connectivity index is 0.00000218. The van der Waals surface area contributed by atoms with Crippen molar-refractivity contribution in [3.8, 4) is 0 Å². The summed E-state index contributed by atoms with van der Waals surface area (Å²) < 4.78 is 0. The van der Waals surface area contributed by atoms with Gasteiger partial charge < -0.3 is 4.90 Å². The Hall–Kier alpha value is -2.47. The summed E-state index contributed by atoms with van der Waals surface area (Å²) in [7, 11) is 0. The Morgan fingerprint density at radius 2 is 1.27 bits per heavy atom. The van der Waals surface area contributed by atoms with Gasteiger partial charge in [0.05, 0.1) is 11.4 Å². The van der Waals surface area contributed by atoms with Crippen molar-refractivity contribution in [3.63, 3.8) is 0 Å². The molecule has 0 bridgehead atoms. The summed E-state index contributed by atoms with van der Waals surface area (Å²) in [6.07, 6.45) is 0. The number of urea groups is 1. The first-order chi connectivity index (χ1) is 14.3. The molecule has 2 heterocycles. The smallest absolute Gasteiger partial charge is 0.321 e. The van der Waals surface area contributed by atoms with Crippen molar-refractivity contribution in [1.29, 1.82) is 0 Å². The fraction of sp³-hybridized carbons (Fsp3) is 0.208. The number of carbonyl (C=O) groups is 1. The highest BCUT2D eigenvalue weighted by atomic mass is 35.5. The molecule has 30 heavy (non-hydrogen) atoms. The second kappa shape index (κ2) is 9.13. The zero-order chi connectivity index (χ0) is 19.6. The number of para-hydroxylation sites is 2. The maximum Gasteiger partial charge on any atom is 0.329 e. The third-order valence-corrected chi connectivity index (χ3v) is 6.65. The molecule has 4 nitrogen and oxygen atoms in total. The summed E-state index contributed by atoms with van der Waals surface area (Å²) in [5.74, 6) is 0. The molecule has 3 aromatic carbocycles. The minimum absolute atomic E-state index is 0. The molecule has 1 saturated heterocycles. The van der Waals surface area contributed by atoms with E-state index in [4.69, 9.17) is 0 Å². The Bertz CT molecular complexity index is 976. The van der Waals surface area contributed by atoms with Gasteiger partial charge in [-0.3, -0.25) is 9.80 Å². The van der Waals surface area contributed by atoms with E-state index in [1.165, 1.54) is 5.56 Å². The number of benzene rings is 3. The lowest BCUT2D eigenvalue weighted by atomic mass is 10.2. The topological polar surface area (TPSA) is 26.8 Å². The van der Waals surface area contributed by atoms with Crippen LogP contribution in [0.2, 0.25) is 0 Å². The van der Waals surface area contributed by atoms with E-state index in [0.717, 1.165) is 53.9 Å². The normalized spacial score (nSPS) is 15.7. The van der Waals surface area contributed by atoms with E-state index in [1.807, 2.05) is 52.3 Å². The molecule has 5 rings (SSSR count). The predicted octanol–water partition coefficient (Wildman–Crippen LogP) is 5.65. The van der Waals surface area contributed by atoms with Crippen molar-refractivity contribution >= 4 is 41.6 Å². The second-order valence-corrected chi connectivity index (χ2v) is 8.49. The van der Waals surface area contributed by atoms with Crippen molar-refractivity contribution in [2.24, 2.45) is 0 Å². The van der Waals surface area contributed by atoms with Gasteiger partial charge in [-0.15, -0.1) is 12.4 Å². The van der Waals surface area contributed by atoms with Gasteiger partial charge in [0.15, 0.2) is 0 Å². The second-order valence-electron chi connectivity index (χ2n) is 7.40. The number of rotatable bonds is 2. The number of halogens is 1. The third kappa shape index (κ3) is 4.06. The summed E-state index contributed by atoms with van der Waals surface area (Å²) in [6, 6.07) is 27.0. The Kier molecular flexibility index (Phi) is 6.32. The van der Waals surface area contributed by atoms with Gasteiger partial charge in [0.2, 0.25) is 0 Å². The molecule has 0 aromatic heterocycles. The number of hydrogen-bond acceptors (Lipinski definition) is 3. The summed E-state index contributed by atoms with van der Waals surface area (Å²) in [6.45, 7) is 4.23. The van der Waals surface area contributed by atoms with Gasteiger partial charge >= 0.3 is 6.03 Å². The quantitative estimate of drug-likeness (QED) is 0.518. The number of nitrogens with zero attached hydrogens (tertiary/aromatic N) is 3. The standard InChI is InChI=1S/C24H23N3OS.ClH/c28-24(26-16-14-25(15-17-26)18-19-8-2-1-3-9-19)27-20-10-4-6-12-22(20)29-23-13-7-5-11-21(23)27;/h1-13H,14-18H2;1H. The van der Waals surface area contributed by atoms with Gasteiger partial charge in [-0.05, 0) is 29.8 Å². The first-order valence-corrected chi connectivity index (χ1v) is 10.8. The number of piperazine rings is 1. The minimum Gasteiger partial charge on any atom is -0.321 e. The number of amides is 2. The number of carbonyl (C=O) groups excluding carboxylic acids is 1. The molecular weight excluding hydrogens is 414 g/mol. The van der Waals surface area contributed by atoms with Crippen LogP contribution in [0.3, 0.4) is 0 Å². The Labute approximate surface area is 187 Å². The van der Waals surface area contributed by atoms with Crippen LogP contribution in [0.4, 0.5) is 16.2 Å². The zero-order valence-corrected chi connectivity index (χ0v) is 18.2. The highest BCUT2D eigenvalue weighted by Gasteiger charge is 2.32. The summed E-state index contributed by atoms with van der Waals surface area (Å²) in [5.41, 5.74) is 3.28. The molecule has 0 radical (unpaired) electrons. The van der Waals surface area contributed by atoms with E-state index in [1.54, 1.807) is 11.8 Å². The van der Waals surface area contributed by atoms with Crippen LogP contribution in [0.15, 0.2) is 88.7 Å². The van der Waals surface area contributed by atoms with Crippen molar-refractivity contribution in [3.05, 3.63) is 84.4 Å². The van der Waals surface area contributed by atoms with Gasteiger partial charge in [-0.1, -0.05) is 66.4 Å². The zero-order valence-electron chi connectivity index (χ0n) is 16.6. The number of anilines is 2. The van der Waals surface area contributed by atoms with Crippen LogP contribution < -0.4 is 4.90 Å². The number of hydrogen-bond donors (Lipinski definition) is 0. The molecule has 0 aliphatic carbocycles. The van der Waals surface area contributed by atoms with Crippen molar-refractivity contribution in [1.82, 2.24) is 9.80 Å².